The van der Waals surface area contributed by atoms with Gasteiger partial charge in [-0.2, -0.15) is 0 Å². The Morgan fingerprint density at radius 2 is 1.58 bits per heavy atom. The molecule has 1 N–H and O–H groups in total. The molecule has 0 radical (unpaired) electrons. The lowest BCUT2D eigenvalue weighted by molar-refractivity contribution is 0.0532. The molecule has 3 rings (SSSR count). The summed E-state index contributed by atoms with van der Waals surface area (Å²) in [6, 6.07) is 9.74. The normalized spacial score (nSPS) is 15.2. The third-order valence-corrected chi connectivity index (χ3v) is 5.02. The van der Waals surface area contributed by atoms with Crippen LogP contribution in [0.25, 0.3) is 0 Å². The Bertz CT molecular complexity index is 795. The highest BCUT2D eigenvalue weighted by molar-refractivity contribution is 5.96. The number of nitrogens with one attached hydrogen (secondary N) is 1. The highest BCUT2D eigenvalue weighted by Crippen LogP contribution is 2.25. The predicted octanol–water partition coefficient (Wildman–Crippen LogP) is 3.22. The maximum atomic E-state index is 13.0. The standard InChI is InChI=1S/C21H27N3O2/c1-15-7-8-16(21(2,3)4)14-17(15)19(25)23-10-12-24(13-11-23)20(26)18-6-5-9-22-18/h5-9,14,22H,10-13H2,1-4H3. The molecule has 1 saturated heterocycles. The monoisotopic (exact) mass is 353 g/mol. The van der Waals surface area contributed by atoms with Gasteiger partial charge in [-0.25, -0.2) is 0 Å². The van der Waals surface area contributed by atoms with Gasteiger partial charge in [0.1, 0.15) is 5.69 Å². The lowest BCUT2D eigenvalue weighted by atomic mass is 9.85. The van der Waals surface area contributed by atoms with Crippen LogP contribution in [0.2, 0.25) is 0 Å². The molecule has 2 amide bonds. The van der Waals surface area contributed by atoms with Crippen LogP contribution in [0.3, 0.4) is 0 Å². The van der Waals surface area contributed by atoms with E-state index in [0.29, 0.717) is 31.9 Å². The Labute approximate surface area is 155 Å². The van der Waals surface area contributed by atoms with Gasteiger partial charge in [0.15, 0.2) is 0 Å². The molecule has 5 heteroatoms. The summed E-state index contributed by atoms with van der Waals surface area (Å²) in [5.74, 6) is 0.0496. The molecule has 0 bridgehead atoms. The zero-order valence-corrected chi connectivity index (χ0v) is 16.0. The zero-order valence-electron chi connectivity index (χ0n) is 16.0. The maximum Gasteiger partial charge on any atom is 0.270 e. The van der Waals surface area contributed by atoms with E-state index in [-0.39, 0.29) is 17.2 Å². The van der Waals surface area contributed by atoms with Gasteiger partial charge in [-0.3, -0.25) is 9.59 Å². The highest BCUT2D eigenvalue weighted by Gasteiger charge is 2.27. The van der Waals surface area contributed by atoms with Crippen molar-refractivity contribution in [3.8, 4) is 0 Å². The van der Waals surface area contributed by atoms with Crippen molar-refractivity contribution in [2.24, 2.45) is 0 Å². The van der Waals surface area contributed by atoms with E-state index in [9.17, 15) is 9.59 Å². The number of aryl methyl sites for hydroxylation is 1. The van der Waals surface area contributed by atoms with Gasteiger partial charge in [0, 0.05) is 37.9 Å². The number of rotatable bonds is 2. The topological polar surface area (TPSA) is 56.4 Å². The van der Waals surface area contributed by atoms with Crippen LogP contribution in [-0.4, -0.2) is 52.8 Å². The molecule has 0 aliphatic carbocycles. The Balaban J connectivity index is 1.70. The van der Waals surface area contributed by atoms with E-state index in [1.165, 1.54) is 0 Å². The Hall–Kier alpha value is -2.56. The van der Waals surface area contributed by atoms with E-state index in [4.69, 9.17) is 0 Å². The second-order valence-electron chi connectivity index (χ2n) is 7.95. The van der Waals surface area contributed by atoms with Crippen molar-refractivity contribution >= 4 is 11.8 Å². The number of nitrogens with zero attached hydrogens (tertiary/aromatic N) is 2. The average molecular weight is 353 g/mol. The molecular weight excluding hydrogens is 326 g/mol. The van der Waals surface area contributed by atoms with Gasteiger partial charge in [0.25, 0.3) is 11.8 Å². The number of piperazine rings is 1. The molecule has 26 heavy (non-hydrogen) atoms. The first kappa shape index (κ1) is 18.2. The summed E-state index contributed by atoms with van der Waals surface area (Å²) in [6.07, 6.45) is 1.75. The van der Waals surface area contributed by atoms with E-state index in [1.54, 1.807) is 17.2 Å². The highest BCUT2D eigenvalue weighted by atomic mass is 16.2. The third-order valence-electron chi connectivity index (χ3n) is 5.02. The second kappa shape index (κ2) is 6.98. The van der Waals surface area contributed by atoms with Crippen molar-refractivity contribution in [1.29, 1.82) is 0 Å². The quantitative estimate of drug-likeness (QED) is 0.901. The number of aromatic nitrogens is 1. The van der Waals surface area contributed by atoms with Crippen molar-refractivity contribution in [3.05, 3.63) is 58.9 Å². The zero-order chi connectivity index (χ0) is 18.9. The molecule has 2 aromatic rings. The largest absolute Gasteiger partial charge is 0.357 e. The predicted molar refractivity (Wildman–Crippen MR) is 102 cm³/mol. The Morgan fingerprint density at radius 3 is 2.12 bits per heavy atom. The summed E-state index contributed by atoms with van der Waals surface area (Å²) >= 11 is 0. The van der Waals surface area contributed by atoms with Crippen molar-refractivity contribution in [3.63, 3.8) is 0 Å². The van der Waals surface area contributed by atoms with Crippen LogP contribution in [0.1, 0.15) is 52.7 Å². The van der Waals surface area contributed by atoms with Crippen LogP contribution in [0.5, 0.6) is 0 Å². The van der Waals surface area contributed by atoms with Crippen molar-refractivity contribution < 1.29 is 9.59 Å². The third kappa shape index (κ3) is 3.66. The number of benzene rings is 1. The molecule has 1 aliphatic rings. The van der Waals surface area contributed by atoms with Gasteiger partial charge in [0.2, 0.25) is 0 Å². The minimum Gasteiger partial charge on any atom is -0.357 e. The number of hydrogen-bond acceptors (Lipinski definition) is 2. The Kier molecular flexibility index (Phi) is 4.90. The summed E-state index contributed by atoms with van der Waals surface area (Å²) in [5, 5.41) is 0. The molecule has 1 fully saturated rings. The first-order valence-corrected chi connectivity index (χ1v) is 9.10. The molecule has 2 heterocycles. The van der Waals surface area contributed by atoms with Crippen molar-refractivity contribution in [2.75, 3.05) is 26.2 Å². The second-order valence-corrected chi connectivity index (χ2v) is 7.95. The summed E-state index contributed by atoms with van der Waals surface area (Å²) in [6.45, 7) is 10.7. The van der Waals surface area contributed by atoms with Gasteiger partial charge in [-0.05, 0) is 41.7 Å². The SMILES string of the molecule is Cc1ccc(C(C)(C)C)cc1C(=O)N1CCN(C(=O)c2ccc[nH]2)CC1. The molecule has 1 aromatic heterocycles. The van der Waals surface area contributed by atoms with Crippen molar-refractivity contribution in [2.45, 2.75) is 33.1 Å². The van der Waals surface area contributed by atoms with Crippen LogP contribution in [0, 0.1) is 6.92 Å². The van der Waals surface area contributed by atoms with Crippen molar-refractivity contribution in [1.82, 2.24) is 14.8 Å². The van der Waals surface area contributed by atoms with Gasteiger partial charge in [-0.1, -0.05) is 32.9 Å². The van der Waals surface area contributed by atoms with E-state index < -0.39 is 0 Å². The van der Waals surface area contributed by atoms with Crippen LogP contribution in [0.15, 0.2) is 36.5 Å². The fourth-order valence-electron chi connectivity index (χ4n) is 3.24. The summed E-state index contributed by atoms with van der Waals surface area (Å²) in [4.78, 5) is 32.0. The fourth-order valence-corrected chi connectivity index (χ4v) is 3.24. The Morgan fingerprint density at radius 1 is 0.962 bits per heavy atom. The van der Waals surface area contributed by atoms with Crippen LogP contribution < -0.4 is 0 Å². The molecule has 5 nitrogen and oxygen atoms in total. The number of hydrogen-bond donors (Lipinski definition) is 1. The molecule has 0 saturated carbocycles. The number of carbonyl (C=O) groups excluding carboxylic acids is 2. The fraction of sp³-hybridized carbons (Fsp3) is 0.429. The minimum atomic E-state index is -0.00647. The number of H-pyrrole nitrogens is 1. The lowest BCUT2D eigenvalue weighted by Crippen LogP contribution is -2.50. The average Bonchev–Trinajstić information content (AvgIpc) is 3.14. The summed E-state index contributed by atoms with van der Waals surface area (Å²) < 4.78 is 0. The first-order valence-electron chi connectivity index (χ1n) is 9.10. The molecule has 0 unspecified atom stereocenters. The summed E-state index contributed by atoms with van der Waals surface area (Å²) in [7, 11) is 0. The molecular formula is C21H27N3O2. The van der Waals surface area contributed by atoms with E-state index in [1.807, 2.05) is 30.0 Å². The van der Waals surface area contributed by atoms with E-state index in [2.05, 4.69) is 31.8 Å². The first-order chi connectivity index (χ1) is 12.3. The lowest BCUT2D eigenvalue weighted by Gasteiger charge is -2.35. The number of aromatic amines is 1. The van der Waals surface area contributed by atoms with Crippen LogP contribution in [0.4, 0.5) is 0 Å². The number of carbonyl (C=O) groups is 2. The number of amides is 2. The van der Waals surface area contributed by atoms with Gasteiger partial charge >= 0.3 is 0 Å². The molecule has 1 aliphatic heterocycles. The molecule has 138 valence electrons. The molecule has 0 atom stereocenters. The smallest absolute Gasteiger partial charge is 0.270 e. The molecule has 1 aromatic carbocycles. The maximum absolute atomic E-state index is 13.0. The summed E-state index contributed by atoms with van der Waals surface area (Å²) in [5.41, 5.74) is 3.52. The van der Waals surface area contributed by atoms with Gasteiger partial charge in [-0.15, -0.1) is 0 Å². The van der Waals surface area contributed by atoms with Crippen LogP contribution in [-0.2, 0) is 5.41 Å². The van der Waals surface area contributed by atoms with Gasteiger partial charge < -0.3 is 14.8 Å². The van der Waals surface area contributed by atoms with Crippen LogP contribution >= 0.6 is 0 Å². The van der Waals surface area contributed by atoms with E-state index in [0.717, 1.165) is 16.7 Å². The van der Waals surface area contributed by atoms with Gasteiger partial charge in [0.05, 0.1) is 0 Å². The van der Waals surface area contributed by atoms with E-state index >= 15 is 0 Å². The minimum absolute atomic E-state index is 0.00386. The molecule has 0 spiro atoms.